The van der Waals surface area contributed by atoms with Crippen LogP contribution in [0, 0.1) is 6.92 Å². The highest BCUT2D eigenvalue weighted by molar-refractivity contribution is 5.74. The number of pyridine rings is 1. The van der Waals surface area contributed by atoms with E-state index in [9.17, 15) is 4.79 Å². The summed E-state index contributed by atoms with van der Waals surface area (Å²) in [5, 5.41) is 4.27. The normalized spacial score (nSPS) is 13.8. The predicted octanol–water partition coefficient (Wildman–Crippen LogP) is 3.40. The summed E-state index contributed by atoms with van der Waals surface area (Å²) in [7, 11) is 0. The summed E-state index contributed by atoms with van der Waals surface area (Å²) in [5.74, 6) is 1.41. The lowest BCUT2D eigenvalue weighted by Gasteiger charge is -2.11. The van der Waals surface area contributed by atoms with Gasteiger partial charge in [-0.15, -0.1) is 0 Å². The van der Waals surface area contributed by atoms with E-state index in [1.807, 2.05) is 30.5 Å². The van der Waals surface area contributed by atoms with Gasteiger partial charge in [0, 0.05) is 18.0 Å². The second kappa shape index (κ2) is 6.09. The lowest BCUT2D eigenvalue weighted by atomic mass is 10.0. The zero-order valence-corrected chi connectivity index (χ0v) is 14.9. The first kappa shape index (κ1) is 15.8. The van der Waals surface area contributed by atoms with Crippen molar-refractivity contribution in [2.24, 2.45) is 0 Å². The third-order valence-electron chi connectivity index (χ3n) is 4.82. The second-order valence-corrected chi connectivity index (χ2v) is 6.80. The number of hydrogen-bond donors (Lipinski definition) is 0. The highest BCUT2D eigenvalue weighted by atomic mass is 16.5. The Morgan fingerprint density at radius 1 is 1.15 bits per heavy atom. The number of nitrogens with zero attached hydrogens (tertiary/aromatic N) is 4. The minimum absolute atomic E-state index is 0.250. The Kier molecular flexibility index (Phi) is 3.57. The van der Waals surface area contributed by atoms with Gasteiger partial charge >= 0.3 is 5.69 Å². The molecule has 0 unspecified atom stereocenters. The summed E-state index contributed by atoms with van der Waals surface area (Å²) >= 11 is 0. The zero-order chi connectivity index (χ0) is 18.4. The monoisotopic (exact) mass is 358 g/mol. The van der Waals surface area contributed by atoms with Crippen LogP contribution in [0.3, 0.4) is 0 Å². The molecule has 0 aliphatic heterocycles. The molecule has 1 fully saturated rings. The molecule has 1 aliphatic carbocycles. The van der Waals surface area contributed by atoms with Gasteiger partial charge in [0.05, 0.1) is 17.8 Å². The molecule has 1 saturated carbocycles. The van der Waals surface area contributed by atoms with E-state index < -0.39 is 0 Å². The van der Waals surface area contributed by atoms with E-state index in [0.29, 0.717) is 11.9 Å². The van der Waals surface area contributed by atoms with Crippen LogP contribution in [-0.4, -0.2) is 25.3 Å². The van der Waals surface area contributed by atoms with E-state index in [-0.39, 0.29) is 5.69 Å². The fourth-order valence-electron chi connectivity index (χ4n) is 3.22. The lowest BCUT2D eigenvalue weighted by molar-refractivity contribution is 0.301. The van der Waals surface area contributed by atoms with Crippen LogP contribution < -0.4 is 10.4 Å². The molecule has 1 aromatic carbocycles. The van der Waals surface area contributed by atoms with Crippen molar-refractivity contribution in [1.29, 1.82) is 0 Å². The summed E-state index contributed by atoms with van der Waals surface area (Å²) < 4.78 is 8.90. The van der Waals surface area contributed by atoms with E-state index in [4.69, 9.17) is 4.74 Å². The van der Waals surface area contributed by atoms with Gasteiger partial charge < -0.3 is 4.74 Å². The van der Waals surface area contributed by atoms with Gasteiger partial charge in [0.25, 0.3) is 0 Å². The number of aromatic nitrogens is 4. The largest absolute Gasteiger partial charge is 0.490 e. The average Bonchev–Trinajstić information content (AvgIpc) is 3.40. The lowest BCUT2D eigenvalue weighted by Crippen LogP contribution is -2.27. The van der Waals surface area contributed by atoms with Crippen molar-refractivity contribution in [1.82, 2.24) is 19.2 Å². The van der Waals surface area contributed by atoms with E-state index >= 15 is 0 Å². The third kappa shape index (κ3) is 2.79. The first-order valence-corrected chi connectivity index (χ1v) is 8.99. The molecule has 3 heterocycles. The molecular formula is C21H18N4O2. The topological polar surface area (TPSA) is 61.4 Å². The van der Waals surface area contributed by atoms with E-state index in [1.54, 1.807) is 28.9 Å². The molecule has 6 nitrogen and oxygen atoms in total. The summed E-state index contributed by atoms with van der Waals surface area (Å²) in [4.78, 5) is 17.1. The molecule has 5 rings (SSSR count). The van der Waals surface area contributed by atoms with Gasteiger partial charge in [-0.05, 0) is 55.2 Å². The van der Waals surface area contributed by atoms with Crippen molar-refractivity contribution in [2.45, 2.75) is 25.9 Å². The van der Waals surface area contributed by atoms with Gasteiger partial charge in [-0.1, -0.05) is 18.2 Å². The first-order valence-electron chi connectivity index (χ1n) is 8.99. The quantitative estimate of drug-likeness (QED) is 0.561. The molecule has 6 heteroatoms. The predicted molar refractivity (Wildman–Crippen MR) is 102 cm³/mol. The molecular weight excluding hydrogens is 340 g/mol. The number of benzene rings is 1. The van der Waals surface area contributed by atoms with Gasteiger partial charge in [-0.25, -0.2) is 9.78 Å². The summed E-state index contributed by atoms with van der Waals surface area (Å²) in [6.07, 6.45) is 7.77. The molecule has 0 bridgehead atoms. The Morgan fingerprint density at radius 3 is 2.81 bits per heavy atom. The van der Waals surface area contributed by atoms with Gasteiger partial charge in [0.15, 0.2) is 5.82 Å². The van der Waals surface area contributed by atoms with Crippen molar-refractivity contribution >= 4 is 5.52 Å². The minimum atomic E-state index is -0.250. The van der Waals surface area contributed by atoms with Crippen LogP contribution in [0.4, 0.5) is 0 Å². The van der Waals surface area contributed by atoms with Crippen molar-refractivity contribution < 1.29 is 4.74 Å². The maximum absolute atomic E-state index is 12.9. The zero-order valence-electron chi connectivity index (χ0n) is 14.9. The second-order valence-electron chi connectivity index (χ2n) is 6.80. The van der Waals surface area contributed by atoms with E-state index in [2.05, 4.69) is 23.1 Å². The Balaban J connectivity index is 1.61. The smallest absolute Gasteiger partial charge is 0.355 e. The first-order chi connectivity index (χ1) is 13.2. The van der Waals surface area contributed by atoms with Gasteiger partial charge in [-0.3, -0.25) is 4.40 Å². The van der Waals surface area contributed by atoms with Gasteiger partial charge in [0.2, 0.25) is 0 Å². The number of ether oxygens (including phenoxy) is 1. The molecule has 0 spiro atoms. The summed E-state index contributed by atoms with van der Waals surface area (Å²) in [5.41, 5.74) is 3.60. The summed E-state index contributed by atoms with van der Waals surface area (Å²) in [6.45, 7) is 2.06. The molecule has 1 aliphatic rings. The van der Waals surface area contributed by atoms with E-state index in [0.717, 1.165) is 40.8 Å². The number of fused-ring (bicyclic) bond motifs is 1. The standard InChI is InChI=1S/C21H18N4O2/c1-14-18(5-4-6-19(14)27-17-8-9-17)15-11-16-12-23-25(21(26)24(16)13-15)20-7-2-3-10-22-20/h2-7,10-13,17H,8-9H2,1H3. The highest BCUT2D eigenvalue weighted by Crippen LogP contribution is 2.34. The molecule has 27 heavy (non-hydrogen) atoms. The molecule has 0 saturated heterocycles. The van der Waals surface area contributed by atoms with Crippen LogP contribution in [-0.2, 0) is 0 Å². The minimum Gasteiger partial charge on any atom is -0.490 e. The van der Waals surface area contributed by atoms with Crippen molar-refractivity contribution in [3.05, 3.63) is 77.1 Å². The number of rotatable bonds is 4. The van der Waals surface area contributed by atoms with Gasteiger partial charge in [-0.2, -0.15) is 9.78 Å². The van der Waals surface area contributed by atoms with Crippen molar-refractivity contribution in [3.63, 3.8) is 0 Å². The molecule has 0 radical (unpaired) electrons. The van der Waals surface area contributed by atoms with Crippen LogP contribution in [0.25, 0.3) is 22.5 Å². The Morgan fingerprint density at radius 2 is 2.04 bits per heavy atom. The van der Waals surface area contributed by atoms with E-state index in [1.165, 1.54) is 4.68 Å². The molecule has 0 atom stereocenters. The Hall–Kier alpha value is -3.41. The maximum atomic E-state index is 12.9. The highest BCUT2D eigenvalue weighted by Gasteiger charge is 2.24. The molecule has 4 aromatic rings. The fraction of sp³-hybridized carbons (Fsp3) is 0.190. The van der Waals surface area contributed by atoms with Crippen molar-refractivity contribution in [3.8, 4) is 22.7 Å². The molecule has 134 valence electrons. The van der Waals surface area contributed by atoms with Gasteiger partial charge in [0.1, 0.15) is 5.75 Å². The fourth-order valence-corrected chi connectivity index (χ4v) is 3.22. The third-order valence-corrected chi connectivity index (χ3v) is 4.82. The Labute approximate surface area is 155 Å². The van der Waals surface area contributed by atoms with Crippen LogP contribution >= 0.6 is 0 Å². The van der Waals surface area contributed by atoms with Crippen LogP contribution in [0.5, 0.6) is 5.75 Å². The summed E-state index contributed by atoms with van der Waals surface area (Å²) in [6, 6.07) is 13.4. The number of hydrogen-bond acceptors (Lipinski definition) is 4. The van der Waals surface area contributed by atoms with Crippen molar-refractivity contribution in [2.75, 3.05) is 0 Å². The average molecular weight is 358 g/mol. The molecule has 0 N–H and O–H groups in total. The van der Waals surface area contributed by atoms with Crippen LogP contribution in [0.1, 0.15) is 18.4 Å². The van der Waals surface area contributed by atoms with Crippen LogP contribution in [0.15, 0.2) is 65.8 Å². The maximum Gasteiger partial charge on any atom is 0.355 e. The molecule has 0 amide bonds. The SMILES string of the molecule is Cc1c(OC2CC2)cccc1-c1cc2cnn(-c3ccccn3)c(=O)n2c1. The molecule has 3 aromatic heterocycles. The van der Waals surface area contributed by atoms with Crippen LogP contribution in [0.2, 0.25) is 0 Å². The Bertz CT molecular complexity index is 1190.